The molecule has 0 aromatic heterocycles. The summed E-state index contributed by atoms with van der Waals surface area (Å²) in [6, 6.07) is 10.1. The van der Waals surface area contributed by atoms with E-state index >= 15 is 0 Å². The topological polar surface area (TPSA) is 94.2 Å². The maximum Gasteiger partial charge on any atom is 0.246 e. The van der Waals surface area contributed by atoms with Crippen LogP contribution in [0.5, 0.6) is 17.2 Å². The van der Waals surface area contributed by atoms with Crippen molar-refractivity contribution >= 4 is 15.9 Å². The molecule has 9 heteroatoms. The van der Waals surface area contributed by atoms with Gasteiger partial charge < -0.3 is 19.5 Å². The summed E-state index contributed by atoms with van der Waals surface area (Å²) in [5, 5.41) is 2.71. The number of methoxy groups -OCH3 is 3. The Morgan fingerprint density at radius 1 is 0.966 bits per heavy atom. The number of amides is 1. The number of aryl methyl sites for hydroxylation is 1. The first-order chi connectivity index (χ1) is 13.7. The van der Waals surface area contributed by atoms with Gasteiger partial charge in [-0.15, -0.1) is 0 Å². The van der Waals surface area contributed by atoms with E-state index in [0.717, 1.165) is 15.4 Å². The monoisotopic (exact) mass is 422 g/mol. The highest BCUT2D eigenvalue weighted by atomic mass is 32.2. The summed E-state index contributed by atoms with van der Waals surface area (Å²) in [5.74, 6) is 0.927. The van der Waals surface area contributed by atoms with E-state index in [0.29, 0.717) is 11.5 Å². The first-order valence-electron chi connectivity index (χ1n) is 8.81. The molecule has 2 aromatic rings. The maximum absolute atomic E-state index is 12.9. The van der Waals surface area contributed by atoms with Gasteiger partial charge in [0.05, 0.1) is 27.9 Å². The van der Waals surface area contributed by atoms with Crippen LogP contribution in [0.1, 0.15) is 11.1 Å². The first kappa shape index (κ1) is 22.5. The number of hydrogen-bond donors (Lipinski definition) is 1. The molecule has 0 atom stereocenters. The lowest BCUT2D eigenvalue weighted by Crippen LogP contribution is -2.38. The van der Waals surface area contributed by atoms with E-state index in [1.807, 2.05) is 0 Å². The standard InChI is InChI=1S/C20H26N2O6S/c1-14-6-8-17(27-4)19(10-14)29(24,25)22(2)13-20(23)21-12-15-7-9-16(26-3)18(11-15)28-5/h6-11H,12-13H2,1-5H3,(H,21,23). The van der Waals surface area contributed by atoms with E-state index in [4.69, 9.17) is 14.2 Å². The van der Waals surface area contributed by atoms with Crippen molar-refractivity contribution in [1.29, 1.82) is 0 Å². The van der Waals surface area contributed by atoms with Crippen LogP contribution in [0.2, 0.25) is 0 Å². The first-order valence-corrected chi connectivity index (χ1v) is 10.3. The molecule has 2 rings (SSSR count). The van der Waals surface area contributed by atoms with Crippen LogP contribution in [0.15, 0.2) is 41.3 Å². The van der Waals surface area contributed by atoms with Crippen molar-refractivity contribution in [2.75, 3.05) is 34.9 Å². The van der Waals surface area contributed by atoms with Gasteiger partial charge in [-0.3, -0.25) is 4.79 Å². The number of hydrogen-bond acceptors (Lipinski definition) is 6. The number of carbonyl (C=O) groups excluding carboxylic acids is 1. The lowest BCUT2D eigenvalue weighted by atomic mass is 10.2. The second kappa shape index (κ2) is 9.62. The molecule has 0 aliphatic rings. The van der Waals surface area contributed by atoms with E-state index in [1.54, 1.807) is 44.4 Å². The molecule has 158 valence electrons. The molecule has 0 saturated heterocycles. The summed E-state index contributed by atoms with van der Waals surface area (Å²) in [5.41, 5.74) is 1.57. The summed E-state index contributed by atoms with van der Waals surface area (Å²) >= 11 is 0. The largest absolute Gasteiger partial charge is 0.495 e. The Bertz CT molecular complexity index is 975. The summed E-state index contributed by atoms with van der Waals surface area (Å²) in [7, 11) is 1.93. The van der Waals surface area contributed by atoms with Crippen molar-refractivity contribution in [2.45, 2.75) is 18.4 Å². The van der Waals surface area contributed by atoms with Crippen LogP contribution in [0.25, 0.3) is 0 Å². The second-order valence-corrected chi connectivity index (χ2v) is 8.39. The number of rotatable bonds is 9. The zero-order valence-electron chi connectivity index (χ0n) is 17.2. The molecule has 0 spiro atoms. The lowest BCUT2D eigenvalue weighted by molar-refractivity contribution is -0.121. The molecule has 0 saturated carbocycles. The lowest BCUT2D eigenvalue weighted by Gasteiger charge is -2.19. The summed E-state index contributed by atoms with van der Waals surface area (Å²) in [4.78, 5) is 12.3. The third-order valence-corrected chi connectivity index (χ3v) is 6.14. The number of sulfonamides is 1. The number of carbonyl (C=O) groups is 1. The van der Waals surface area contributed by atoms with E-state index in [2.05, 4.69) is 5.32 Å². The molecule has 0 fully saturated rings. The van der Waals surface area contributed by atoms with Crippen molar-refractivity contribution in [2.24, 2.45) is 0 Å². The predicted octanol–water partition coefficient (Wildman–Crippen LogP) is 1.96. The smallest absolute Gasteiger partial charge is 0.246 e. The van der Waals surface area contributed by atoms with Crippen molar-refractivity contribution < 1.29 is 27.4 Å². The van der Waals surface area contributed by atoms with E-state index in [9.17, 15) is 13.2 Å². The fraction of sp³-hybridized carbons (Fsp3) is 0.350. The van der Waals surface area contributed by atoms with E-state index < -0.39 is 15.9 Å². The van der Waals surface area contributed by atoms with E-state index in [1.165, 1.54) is 27.3 Å². The maximum atomic E-state index is 12.9. The minimum absolute atomic E-state index is 0.0233. The Labute approximate surface area is 171 Å². The normalized spacial score (nSPS) is 11.2. The number of nitrogens with zero attached hydrogens (tertiary/aromatic N) is 1. The van der Waals surface area contributed by atoms with Gasteiger partial charge in [-0.05, 0) is 42.3 Å². The van der Waals surface area contributed by atoms with Gasteiger partial charge in [0.15, 0.2) is 11.5 Å². The highest BCUT2D eigenvalue weighted by Crippen LogP contribution is 2.28. The highest BCUT2D eigenvalue weighted by Gasteiger charge is 2.26. The van der Waals surface area contributed by atoms with Crippen LogP contribution in [-0.2, 0) is 21.4 Å². The quantitative estimate of drug-likeness (QED) is 0.664. The van der Waals surface area contributed by atoms with Gasteiger partial charge in [-0.2, -0.15) is 4.31 Å². The number of nitrogens with one attached hydrogen (secondary N) is 1. The fourth-order valence-electron chi connectivity index (χ4n) is 2.69. The average molecular weight is 423 g/mol. The number of likely N-dealkylation sites (N-methyl/N-ethyl adjacent to an activating group) is 1. The third-order valence-electron chi connectivity index (χ3n) is 4.31. The second-order valence-electron chi connectivity index (χ2n) is 6.38. The molecule has 0 aliphatic heterocycles. The molecule has 8 nitrogen and oxygen atoms in total. The molecule has 1 amide bonds. The zero-order chi connectivity index (χ0) is 21.6. The summed E-state index contributed by atoms with van der Waals surface area (Å²) in [6.45, 7) is 1.68. The van der Waals surface area contributed by atoms with Crippen LogP contribution >= 0.6 is 0 Å². The van der Waals surface area contributed by atoms with Gasteiger partial charge in [0.25, 0.3) is 0 Å². The van der Waals surface area contributed by atoms with Gasteiger partial charge in [0.1, 0.15) is 10.6 Å². The third kappa shape index (κ3) is 5.39. The van der Waals surface area contributed by atoms with Crippen LogP contribution in [0, 0.1) is 6.92 Å². The van der Waals surface area contributed by atoms with Crippen LogP contribution in [0.4, 0.5) is 0 Å². The van der Waals surface area contributed by atoms with Crippen molar-refractivity contribution in [3.8, 4) is 17.2 Å². The molecule has 0 aliphatic carbocycles. The number of benzene rings is 2. The molecular formula is C20H26N2O6S. The SMILES string of the molecule is COc1ccc(CNC(=O)CN(C)S(=O)(=O)c2cc(C)ccc2OC)cc1OC. The molecule has 2 aromatic carbocycles. The molecule has 1 N–H and O–H groups in total. The molecule has 0 bridgehead atoms. The fourth-order valence-corrected chi connectivity index (χ4v) is 4.05. The Morgan fingerprint density at radius 2 is 1.59 bits per heavy atom. The minimum Gasteiger partial charge on any atom is -0.495 e. The average Bonchev–Trinajstić information content (AvgIpc) is 2.71. The Kier molecular flexibility index (Phi) is 7.46. The molecule has 0 radical (unpaired) electrons. The van der Waals surface area contributed by atoms with Gasteiger partial charge in [0, 0.05) is 13.6 Å². The molecule has 0 unspecified atom stereocenters. The van der Waals surface area contributed by atoms with Crippen LogP contribution < -0.4 is 19.5 Å². The van der Waals surface area contributed by atoms with Gasteiger partial charge in [-0.1, -0.05) is 12.1 Å². The van der Waals surface area contributed by atoms with Crippen LogP contribution in [-0.4, -0.2) is 53.6 Å². The summed E-state index contributed by atoms with van der Waals surface area (Å²) in [6.07, 6.45) is 0. The highest BCUT2D eigenvalue weighted by molar-refractivity contribution is 7.89. The Hall–Kier alpha value is -2.78. The Morgan fingerprint density at radius 3 is 2.21 bits per heavy atom. The van der Waals surface area contributed by atoms with Crippen molar-refractivity contribution in [3.05, 3.63) is 47.5 Å². The van der Waals surface area contributed by atoms with Crippen molar-refractivity contribution in [1.82, 2.24) is 9.62 Å². The number of ether oxygens (including phenoxy) is 3. The Balaban J connectivity index is 2.06. The van der Waals surface area contributed by atoms with Crippen molar-refractivity contribution in [3.63, 3.8) is 0 Å². The van der Waals surface area contributed by atoms with Crippen LogP contribution in [0.3, 0.4) is 0 Å². The van der Waals surface area contributed by atoms with Gasteiger partial charge in [0.2, 0.25) is 15.9 Å². The minimum atomic E-state index is -3.89. The molecule has 0 heterocycles. The van der Waals surface area contributed by atoms with Gasteiger partial charge in [-0.25, -0.2) is 8.42 Å². The van der Waals surface area contributed by atoms with E-state index in [-0.39, 0.29) is 23.7 Å². The summed E-state index contributed by atoms with van der Waals surface area (Å²) < 4.78 is 42.3. The molecule has 29 heavy (non-hydrogen) atoms. The molecular weight excluding hydrogens is 396 g/mol. The van der Waals surface area contributed by atoms with Gasteiger partial charge >= 0.3 is 0 Å². The predicted molar refractivity (Wildman–Crippen MR) is 109 cm³/mol. The zero-order valence-corrected chi connectivity index (χ0v) is 18.0.